The normalized spacial score (nSPS) is 11.6. The molecule has 0 aliphatic heterocycles. The van der Waals surface area contributed by atoms with E-state index >= 15 is 0 Å². The third-order valence-electron chi connectivity index (χ3n) is 2.27. The molecule has 1 amide bonds. The summed E-state index contributed by atoms with van der Waals surface area (Å²) in [6.45, 7) is 2.60. The number of nitrogens with two attached hydrogens (primary N) is 1. The van der Waals surface area contributed by atoms with E-state index in [-0.39, 0.29) is 11.5 Å². The summed E-state index contributed by atoms with van der Waals surface area (Å²) in [6, 6.07) is 1.72. The molecule has 0 radical (unpaired) electrons. The van der Waals surface area contributed by atoms with Gasteiger partial charge >= 0.3 is 0 Å². The van der Waals surface area contributed by atoms with E-state index in [1.807, 2.05) is 0 Å². The SMILES string of the molecule is CCS(=O)(=O)CCNCc1cc(C(N)=O)cs1. The minimum absolute atomic E-state index is 0.136. The van der Waals surface area contributed by atoms with Crippen molar-refractivity contribution in [1.29, 1.82) is 0 Å². The number of hydrogen-bond acceptors (Lipinski definition) is 5. The van der Waals surface area contributed by atoms with Crippen LogP contribution in [0, 0.1) is 0 Å². The summed E-state index contributed by atoms with van der Waals surface area (Å²) in [4.78, 5) is 11.8. The van der Waals surface area contributed by atoms with Crippen LogP contribution in [-0.2, 0) is 16.4 Å². The Hall–Kier alpha value is -0.920. The molecule has 0 fully saturated rings. The standard InChI is InChI=1S/C10H16N2O3S2/c1-2-17(14,15)4-3-12-6-9-5-8(7-16-9)10(11)13/h5,7,12H,2-4,6H2,1H3,(H2,11,13). The number of hydrogen-bond donors (Lipinski definition) is 2. The van der Waals surface area contributed by atoms with Gasteiger partial charge in [-0.1, -0.05) is 6.92 Å². The van der Waals surface area contributed by atoms with Gasteiger partial charge in [0.2, 0.25) is 5.91 Å². The van der Waals surface area contributed by atoms with E-state index in [9.17, 15) is 13.2 Å². The second kappa shape index (κ2) is 6.13. The first-order valence-electron chi connectivity index (χ1n) is 5.23. The Kier molecular flexibility index (Phi) is 5.10. The highest BCUT2D eigenvalue weighted by Gasteiger charge is 2.07. The first-order chi connectivity index (χ1) is 7.94. The maximum absolute atomic E-state index is 11.2. The molecule has 17 heavy (non-hydrogen) atoms. The first kappa shape index (κ1) is 14.1. The molecule has 0 saturated carbocycles. The van der Waals surface area contributed by atoms with Crippen LogP contribution in [-0.4, -0.2) is 32.4 Å². The van der Waals surface area contributed by atoms with Gasteiger partial charge in [-0.3, -0.25) is 4.79 Å². The molecule has 0 saturated heterocycles. The number of carbonyl (C=O) groups excluding carboxylic acids is 1. The highest BCUT2D eigenvalue weighted by molar-refractivity contribution is 7.91. The third-order valence-corrected chi connectivity index (χ3v) is 4.91. The third kappa shape index (κ3) is 4.84. The van der Waals surface area contributed by atoms with Gasteiger partial charge in [0.1, 0.15) is 0 Å². The van der Waals surface area contributed by atoms with E-state index in [0.717, 1.165) is 4.88 Å². The lowest BCUT2D eigenvalue weighted by atomic mass is 10.3. The van der Waals surface area contributed by atoms with Crippen LogP contribution in [0.15, 0.2) is 11.4 Å². The van der Waals surface area contributed by atoms with Gasteiger partial charge in [-0.15, -0.1) is 11.3 Å². The van der Waals surface area contributed by atoms with Crippen molar-refractivity contribution in [2.45, 2.75) is 13.5 Å². The van der Waals surface area contributed by atoms with Gasteiger partial charge in [-0.25, -0.2) is 8.42 Å². The van der Waals surface area contributed by atoms with E-state index in [4.69, 9.17) is 5.73 Å². The molecule has 0 aliphatic carbocycles. The van der Waals surface area contributed by atoms with Crippen molar-refractivity contribution in [3.63, 3.8) is 0 Å². The second-order valence-electron chi connectivity index (χ2n) is 3.58. The van der Waals surface area contributed by atoms with Gasteiger partial charge in [0.25, 0.3) is 0 Å². The fourth-order valence-corrected chi connectivity index (χ4v) is 2.77. The average molecular weight is 276 g/mol. The second-order valence-corrected chi connectivity index (χ2v) is 7.05. The smallest absolute Gasteiger partial charge is 0.249 e. The van der Waals surface area contributed by atoms with Crippen LogP contribution in [0.2, 0.25) is 0 Å². The fourth-order valence-electron chi connectivity index (χ4n) is 1.19. The predicted molar refractivity (Wildman–Crippen MR) is 68.9 cm³/mol. The molecule has 7 heteroatoms. The van der Waals surface area contributed by atoms with Crippen LogP contribution in [0.3, 0.4) is 0 Å². The quantitative estimate of drug-likeness (QED) is 0.704. The Morgan fingerprint density at radius 1 is 1.53 bits per heavy atom. The number of thiophene rings is 1. The molecule has 5 nitrogen and oxygen atoms in total. The Labute approximate surface area is 105 Å². The van der Waals surface area contributed by atoms with Crippen LogP contribution in [0.25, 0.3) is 0 Å². The monoisotopic (exact) mass is 276 g/mol. The number of primary amides is 1. The molecule has 0 aliphatic rings. The molecule has 0 aromatic carbocycles. The van der Waals surface area contributed by atoms with Crippen LogP contribution in [0.4, 0.5) is 0 Å². The summed E-state index contributed by atoms with van der Waals surface area (Å²) >= 11 is 1.43. The topological polar surface area (TPSA) is 89.3 Å². The largest absolute Gasteiger partial charge is 0.366 e. The summed E-state index contributed by atoms with van der Waals surface area (Å²) in [5.74, 6) is -0.141. The maximum Gasteiger partial charge on any atom is 0.249 e. The van der Waals surface area contributed by atoms with Crippen molar-refractivity contribution >= 4 is 27.1 Å². The summed E-state index contributed by atoms with van der Waals surface area (Å²) in [6.07, 6.45) is 0. The van der Waals surface area contributed by atoms with Gasteiger partial charge in [0.15, 0.2) is 9.84 Å². The summed E-state index contributed by atoms with van der Waals surface area (Å²) in [5, 5.41) is 4.72. The van der Waals surface area contributed by atoms with E-state index in [2.05, 4.69) is 5.32 Å². The minimum atomic E-state index is -2.92. The molecule has 0 bridgehead atoms. The van der Waals surface area contributed by atoms with Crippen LogP contribution in [0.5, 0.6) is 0 Å². The molecule has 3 N–H and O–H groups in total. The summed E-state index contributed by atoms with van der Waals surface area (Å²) in [5.41, 5.74) is 5.62. The molecule has 1 aromatic rings. The summed E-state index contributed by atoms with van der Waals surface area (Å²) in [7, 11) is -2.92. The molecule has 96 valence electrons. The van der Waals surface area contributed by atoms with Crippen molar-refractivity contribution in [1.82, 2.24) is 5.32 Å². The fraction of sp³-hybridized carbons (Fsp3) is 0.500. The Morgan fingerprint density at radius 2 is 2.24 bits per heavy atom. The number of rotatable bonds is 7. The Balaban J connectivity index is 2.34. The lowest BCUT2D eigenvalue weighted by molar-refractivity contribution is 0.100. The van der Waals surface area contributed by atoms with Crippen molar-refractivity contribution in [3.05, 3.63) is 21.9 Å². The van der Waals surface area contributed by atoms with Crippen LogP contribution >= 0.6 is 11.3 Å². The summed E-state index contributed by atoms with van der Waals surface area (Å²) < 4.78 is 22.4. The zero-order valence-corrected chi connectivity index (χ0v) is 11.2. The first-order valence-corrected chi connectivity index (χ1v) is 7.93. The maximum atomic E-state index is 11.2. The highest BCUT2D eigenvalue weighted by atomic mass is 32.2. The highest BCUT2D eigenvalue weighted by Crippen LogP contribution is 2.13. The zero-order valence-electron chi connectivity index (χ0n) is 9.60. The molecular weight excluding hydrogens is 260 g/mol. The molecule has 1 heterocycles. The molecule has 0 atom stereocenters. The van der Waals surface area contributed by atoms with Gasteiger partial charge in [0, 0.05) is 29.1 Å². The van der Waals surface area contributed by atoms with Gasteiger partial charge in [-0.2, -0.15) is 0 Å². The Morgan fingerprint density at radius 3 is 2.76 bits per heavy atom. The molecular formula is C10H16N2O3S2. The van der Waals surface area contributed by atoms with E-state index in [1.165, 1.54) is 11.3 Å². The lowest BCUT2D eigenvalue weighted by Gasteiger charge is -2.02. The minimum Gasteiger partial charge on any atom is -0.366 e. The number of sulfone groups is 1. The molecule has 0 spiro atoms. The average Bonchev–Trinajstić information content (AvgIpc) is 2.73. The number of nitrogens with one attached hydrogen (secondary N) is 1. The Bertz CT molecular complexity index is 479. The lowest BCUT2D eigenvalue weighted by Crippen LogP contribution is -2.23. The van der Waals surface area contributed by atoms with E-state index in [1.54, 1.807) is 18.4 Å². The molecule has 0 unspecified atom stereocenters. The van der Waals surface area contributed by atoms with E-state index < -0.39 is 15.7 Å². The van der Waals surface area contributed by atoms with E-state index in [0.29, 0.717) is 18.7 Å². The molecule has 1 rings (SSSR count). The van der Waals surface area contributed by atoms with Crippen LogP contribution < -0.4 is 11.1 Å². The van der Waals surface area contributed by atoms with Crippen molar-refractivity contribution in [2.24, 2.45) is 5.73 Å². The van der Waals surface area contributed by atoms with Crippen molar-refractivity contribution in [2.75, 3.05) is 18.1 Å². The van der Waals surface area contributed by atoms with Gasteiger partial charge < -0.3 is 11.1 Å². The van der Waals surface area contributed by atoms with Crippen LogP contribution in [0.1, 0.15) is 22.2 Å². The number of carbonyl (C=O) groups is 1. The van der Waals surface area contributed by atoms with Gasteiger partial charge in [0.05, 0.1) is 11.3 Å². The number of amides is 1. The van der Waals surface area contributed by atoms with Gasteiger partial charge in [-0.05, 0) is 6.07 Å². The zero-order chi connectivity index (χ0) is 12.9. The predicted octanol–water partition coefficient (Wildman–Crippen LogP) is 0.371. The van der Waals surface area contributed by atoms with Crippen molar-refractivity contribution < 1.29 is 13.2 Å². The molecule has 1 aromatic heterocycles. The van der Waals surface area contributed by atoms with Crippen molar-refractivity contribution in [3.8, 4) is 0 Å².